The molecule has 0 aromatic heterocycles. The van der Waals surface area contributed by atoms with Crippen LogP contribution in [0, 0.1) is 11.8 Å². The lowest BCUT2D eigenvalue weighted by molar-refractivity contribution is 0.0477. The first kappa shape index (κ1) is 13.7. The quantitative estimate of drug-likeness (QED) is 0.702. The topological polar surface area (TPSA) is 21.3 Å². The third-order valence-electron chi connectivity index (χ3n) is 3.86. The van der Waals surface area contributed by atoms with Gasteiger partial charge in [-0.1, -0.05) is 19.9 Å². The van der Waals surface area contributed by atoms with Gasteiger partial charge in [-0.3, -0.25) is 0 Å². The minimum Gasteiger partial charge on any atom is -0.375 e. The highest BCUT2D eigenvalue weighted by Crippen LogP contribution is 2.35. The number of nitrogens with one attached hydrogen (secondary N) is 1. The second kappa shape index (κ2) is 6.41. The zero-order valence-corrected chi connectivity index (χ0v) is 11.2. The van der Waals surface area contributed by atoms with Crippen LogP contribution in [0.25, 0.3) is 0 Å². The molecule has 16 heavy (non-hydrogen) atoms. The first-order valence-electron chi connectivity index (χ1n) is 6.61. The molecule has 5 atom stereocenters. The van der Waals surface area contributed by atoms with E-state index in [-0.39, 0.29) is 0 Å². The molecule has 5 unspecified atom stereocenters. The van der Waals surface area contributed by atoms with E-state index in [0.29, 0.717) is 30.1 Å². The van der Waals surface area contributed by atoms with Crippen molar-refractivity contribution in [2.45, 2.75) is 58.8 Å². The SMILES string of the molecule is C=CCC(NCCC)C1C(C)OC(C)C1C. The second-order valence-corrected chi connectivity index (χ2v) is 5.07. The summed E-state index contributed by atoms with van der Waals surface area (Å²) in [5, 5.41) is 3.64. The summed E-state index contributed by atoms with van der Waals surface area (Å²) in [4.78, 5) is 0. The maximum absolute atomic E-state index is 5.92. The van der Waals surface area contributed by atoms with E-state index in [1.807, 2.05) is 6.08 Å². The van der Waals surface area contributed by atoms with Crippen LogP contribution in [0.5, 0.6) is 0 Å². The van der Waals surface area contributed by atoms with Crippen molar-refractivity contribution in [3.05, 3.63) is 12.7 Å². The maximum atomic E-state index is 5.92. The van der Waals surface area contributed by atoms with Crippen molar-refractivity contribution in [2.75, 3.05) is 6.54 Å². The first-order chi connectivity index (χ1) is 7.61. The Morgan fingerprint density at radius 2 is 2.00 bits per heavy atom. The van der Waals surface area contributed by atoms with Gasteiger partial charge in [0.05, 0.1) is 12.2 Å². The zero-order valence-electron chi connectivity index (χ0n) is 11.2. The highest BCUT2D eigenvalue weighted by molar-refractivity contribution is 4.94. The Balaban J connectivity index is 2.64. The van der Waals surface area contributed by atoms with Gasteiger partial charge in [-0.2, -0.15) is 0 Å². The molecule has 1 saturated heterocycles. The predicted octanol–water partition coefficient (Wildman–Crippen LogP) is 2.99. The van der Waals surface area contributed by atoms with Crippen molar-refractivity contribution in [3.63, 3.8) is 0 Å². The fourth-order valence-electron chi connectivity index (χ4n) is 2.87. The number of hydrogen-bond acceptors (Lipinski definition) is 2. The van der Waals surface area contributed by atoms with Crippen LogP contribution < -0.4 is 5.32 Å². The van der Waals surface area contributed by atoms with E-state index in [9.17, 15) is 0 Å². The monoisotopic (exact) mass is 225 g/mol. The largest absolute Gasteiger partial charge is 0.375 e. The summed E-state index contributed by atoms with van der Waals surface area (Å²) in [5.74, 6) is 1.24. The lowest BCUT2D eigenvalue weighted by atomic mass is 9.82. The van der Waals surface area contributed by atoms with E-state index in [1.54, 1.807) is 0 Å². The number of hydrogen-bond donors (Lipinski definition) is 1. The van der Waals surface area contributed by atoms with Gasteiger partial charge in [-0.05, 0) is 39.2 Å². The Bertz CT molecular complexity index is 217. The Labute approximate surface area is 100 Å². The molecule has 94 valence electrons. The summed E-state index contributed by atoms with van der Waals surface area (Å²) >= 11 is 0. The van der Waals surface area contributed by atoms with Crippen LogP contribution in [0.15, 0.2) is 12.7 Å². The summed E-state index contributed by atoms with van der Waals surface area (Å²) in [6.45, 7) is 13.9. The molecule has 1 rings (SSSR count). The summed E-state index contributed by atoms with van der Waals surface area (Å²) in [6, 6.07) is 0.521. The predicted molar refractivity (Wildman–Crippen MR) is 69.6 cm³/mol. The third-order valence-corrected chi connectivity index (χ3v) is 3.86. The maximum Gasteiger partial charge on any atom is 0.0597 e. The minimum absolute atomic E-state index is 0.360. The van der Waals surface area contributed by atoms with Crippen LogP contribution in [0.2, 0.25) is 0 Å². The van der Waals surface area contributed by atoms with Crippen molar-refractivity contribution >= 4 is 0 Å². The molecule has 1 aliphatic heterocycles. The van der Waals surface area contributed by atoms with Crippen LogP contribution in [0.1, 0.15) is 40.5 Å². The minimum atomic E-state index is 0.360. The number of rotatable bonds is 6. The molecule has 2 nitrogen and oxygen atoms in total. The van der Waals surface area contributed by atoms with E-state index < -0.39 is 0 Å². The van der Waals surface area contributed by atoms with Gasteiger partial charge in [0, 0.05) is 12.0 Å². The standard InChI is InChI=1S/C14H27NO/c1-6-8-13(15-9-7-2)14-10(3)11(4)16-12(14)5/h6,10-15H,1,7-9H2,2-5H3. The molecule has 0 radical (unpaired) electrons. The average Bonchev–Trinajstić information content (AvgIpc) is 2.49. The Morgan fingerprint density at radius 3 is 2.44 bits per heavy atom. The van der Waals surface area contributed by atoms with Crippen molar-refractivity contribution in [2.24, 2.45) is 11.8 Å². The molecule has 1 fully saturated rings. The molecule has 0 aliphatic carbocycles. The van der Waals surface area contributed by atoms with E-state index in [0.717, 1.165) is 13.0 Å². The summed E-state index contributed by atoms with van der Waals surface area (Å²) in [6.07, 6.45) is 4.99. The Kier molecular flexibility index (Phi) is 5.50. The van der Waals surface area contributed by atoms with Crippen LogP contribution in [-0.4, -0.2) is 24.8 Å². The van der Waals surface area contributed by atoms with Gasteiger partial charge in [0.25, 0.3) is 0 Å². The molecule has 1 N–H and O–H groups in total. The first-order valence-corrected chi connectivity index (χ1v) is 6.61. The molecular formula is C14H27NO. The van der Waals surface area contributed by atoms with Crippen LogP contribution >= 0.6 is 0 Å². The molecule has 0 amide bonds. The Hall–Kier alpha value is -0.340. The normalized spacial score (nSPS) is 36.2. The van der Waals surface area contributed by atoms with Crippen LogP contribution in [0.3, 0.4) is 0 Å². The smallest absolute Gasteiger partial charge is 0.0597 e. The molecule has 0 aromatic carbocycles. The molecule has 1 heterocycles. The fraction of sp³-hybridized carbons (Fsp3) is 0.857. The van der Waals surface area contributed by atoms with Gasteiger partial charge >= 0.3 is 0 Å². The van der Waals surface area contributed by atoms with E-state index in [2.05, 4.69) is 39.6 Å². The highest BCUT2D eigenvalue weighted by Gasteiger charge is 2.40. The molecule has 0 aromatic rings. The molecule has 0 spiro atoms. The molecule has 1 aliphatic rings. The lowest BCUT2D eigenvalue weighted by Gasteiger charge is -2.29. The van der Waals surface area contributed by atoms with E-state index >= 15 is 0 Å². The zero-order chi connectivity index (χ0) is 12.1. The summed E-state index contributed by atoms with van der Waals surface area (Å²) < 4.78 is 5.92. The fourth-order valence-corrected chi connectivity index (χ4v) is 2.87. The molecule has 0 bridgehead atoms. The van der Waals surface area contributed by atoms with Gasteiger partial charge in [0.15, 0.2) is 0 Å². The van der Waals surface area contributed by atoms with Crippen molar-refractivity contribution in [1.82, 2.24) is 5.32 Å². The van der Waals surface area contributed by atoms with Gasteiger partial charge in [0.1, 0.15) is 0 Å². The van der Waals surface area contributed by atoms with Crippen LogP contribution in [0.4, 0.5) is 0 Å². The second-order valence-electron chi connectivity index (χ2n) is 5.07. The molecule has 0 saturated carbocycles. The van der Waals surface area contributed by atoms with Crippen molar-refractivity contribution in [3.8, 4) is 0 Å². The summed E-state index contributed by atoms with van der Waals surface area (Å²) in [7, 11) is 0. The molecular weight excluding hydrogens is 198 g/mol. The molecule has 2 heteroatoms. The van der Waals surface area contributed by atoms with E-state index in [4.69, 9.17) is 4.74 Å². The summed E-state index contributed by atoms with van der Waals surface area (Å²) in [5.41, 5.74) is 0. The average molecular weight is 225 g/mol. The van der Waals surface area contributed by atoms with Gasteiger partial charge in [-0.15, -0.1) is 6.58 Å². The third kappa shape index (κ3) is 3.08. The lowest BCUT2D eigenvalue weighted by Crippen LogP contribution is -2.41. The van der Waals surface area contributed by atoms with Gasteiger partial charge in [-0.25, -0.2) is 0 Å². The van der Waals surface area contributed by atoms with E-state index in [1.165, 1.54) is 6.42 Å². The number of ether oxygens (including phenoxy) is 1. The van der Waals surface area contributed by atoms with Crippen LogP contribution in [-0.2, 0) is 4.74 Å². The van der Waals surface area contributed by atoms with Crippen molar-refractivity contribution in [1.29, 1.82) is 0 Å². The van der Waals surface area contributed by atoms with Gasteiger partial charge in [0.2, 0.25) is 0 Å². The highest BCUT2D eigenvalue weighted by atomic mass is 16.5. The Morgan fingerprint density at radius 1 is 1.31 bits per heavy atom. The van der Waals surface area contributed by atoms with Crippen molar-refractivity contribution < 1.29 is 4.74 Å². The van der Waals surface area contributed by atoms with Gasteiger partial charge < -0.3 is 10.1 Å².